The molecule has 24 aromatic rings. The quantitative estimate of drug-likeness (QED) is 0.0672. The zero-order valence-corrected chi connectivity index (χ0v) is 88.9. The molecule has 24 rings (SSSR count). The topological polar surface area (TPSA) is 14.7 Å². The average Bonchev–Trinajstić information content (AvgIpc) is 1.59. The van der Waals surface area contributed by atoms with Crippen molar-refractivity contribution in [2.45, 2.75) is 139 Å². The average molecular weight is 1960 g/mol. The fourth-order valence-electron chi connectivity index (χ4n) is 22.1. The van der Waals surface area contributed by atoms with Gasteiger partial charge < -0.3 is 19.3 Å². The van der Waals surface area contributed by atoms with Crippen molar-refractivity contribution in [3.05, 3.63) is 480 Å². The van der Waals surface area contributed by atoms with Crippen molar-refractivity contribution in [1.82, 2.24) is 4.57 Å². The van der Waals surface area contributed by atoms with Crippen molar-refractivity contribution in [3.63, 3.8) is 0 Å². The molecule has 2 unspecified atom stereocenters. The van der Waals surface area contributed by atoms with Gasteiger partial charge in [0.2, 0.25) is 0 Å². The minimum absolute atomic E-state index is 0.0286. The van der Waals surface area contributed by atoms with Crippen molar-refractivity contribution in [2.75, 3.05) is 14.7 Å². The molecule has 0 N–H and O–H groups in total. The monoisotopic (exact) mass is 1950 g/mol. The first kappa shape index (κ1) is 95.1. The van der Waals surface area contributed by atoms with E-state index in [0.717, 1.165) is 64.0 Å². The van der Waals surface area contributed by atoms with E-state index in [1.165, 1.54) is 223 Å². The number of anilines is 9. The summed E-state index contributed by atoms with van der Waals surface area (Å²) < 4.78 is 10.4. The highest BCUT2D eigenvalue weighted by atomic mass is 32.1. The Labute approximate surface area is 877 Å². The SMILES string of the molecule is CCC(C)CC(C)c1ccc(N(c2ccc(-c3ccc4c(c3)c3cc(C(C)(C)C)ccc3n4-c3ccccc3)cc2)c2ccc(-c3ccc(N(c4ccc(C)cc4)c4ccc(-c5cccc6c5sc5ccc(C(C)(C)C)cc56)cc4)cc3C)c(C)c2)cc1.Cc1ccc(CCc2c(-c3ccc4sc5ccccc5c4c3)ccc3cc(N(c4ccc(C)cc4)c4ccc(-c5ccc6sc7ccccc7c6c5)cc4)ccc23)cc1. The molecule has 7 heteroatoms. The molecule has 0 aliphatic heterocycles. The van der Waals surface area contributed by atoms with Gasteiger partial charge in [0.1, 0.15) is 0 Å². The van der Waals surface area contributed by atoms with Gasteiger partial charge in [0.15, 0.2) is 0 Å². The van der Waals surface area contributed by atoms with E-state index in [0.29, 0.717) is 11.8 Å². The number of hydrogen-bond acceptors (Lipinski definition) is 6. The van der Waals surface area contributed by atoms with Gasteiger partial charge in [0, 0.05) is 128 Å². The van der Waals surface area contributed by atoms with E-state index in [4.69, 9.17) is 0 Å². The molecule has 0 aliphatic carbocycles. The first-order valence-corrected chi connectivity index (χ1v) is 54.6. The zero-order chi connectivity index (χ0) is 101. The van der Waals surface area contributed by atoms with Crippen LogP contribution in [0.5, 0.6) is 0 Å². The van der Waals surface area contributed by atoms with Crippen molar-refractivity contribution in [2.24, 2.45) is 5.92 Å². The van der Waals surface area contributed by atoms with Crippen molar-refractivity contribution >= 4 is 178 Å². The first-order chi connectivity index (χ1) is 71.4. The number of aryl methyl sites for hydroxylation is 7. The molecule has 0 aliphatic rings. The lowest BCUT2D eigenvalue weighted by Crippen LogP contribution is -2.11. The number of hydrogen-bond donors (Lipinski definition) is 0. The summed E-state index contributed by atoms with van der Waals surface area (Å²) in [5.74, 6) is 1.17. The van der Waals surface area contributed by atoms with E-state index >= 15 is 0 Å². The second kappa shape index (κ2) is 39.5. The Balaban J connectivity index is 0.000000175. The molecule has 4 heterocycles. The zero-order valence-electron chi connectivity index (χ0n) is 86.4. The van der Waals surface area contributed by atoms with Crippen LogP contribution in [-0.4, -0.2) is 4.57 Å². The van der Waals surface area contributed by atoms with Gasteiger partial charge in [-0.1, -0.05) is 316 Å². The largest absolute Gasteiger partial charge is 0.310 e. The summed E-state index contributed by atoms with van der Waals surface area (Å²) in [6.45, 7) is 31.8. The smallest absolute Gasteiger partial charge is 0.0541 e. The van der Waals surface area contributed by atoms with E-state index in [2.05, 4.69) is 541 Å². The van der Waals surface area contributed by atoms with Gasteiger partial charge in [-0.15, -0.1) is 34.0 Å². The van der Waals surface area contributed by atoms with Crippen LogP contribution in [0.3, 0.4) is 0 Å². The third-order valence-electron chi connectivity index (χ3n) is 30.6. The highest BCUT2D eigenvalue weighted by Gasteiger charge is 2.27. The third-order valence-corrected chi connectivity index (χ3v) is 34.1. The number of para-hydroxylation sites is 1. The molecule has 720 valence electrons. The summed E-state index contributed by atoms with van der Waals surface area (Å²) in [7, 11) is 0. The lowest BCUT2D eigenvalue weighted by molar-refractivity contribution is 0.471. The van der Waals surface area contributed by atoms with Crippen LogP contribution < -0.4 is 14.7 Å². The van der Waals surface area contributed by atoms with Gasteiger partial charge in [-0.05, 0) is 376 Å². The lowest BCUT2D eigenvalue weighted by Gasteiger charge is -2.28. The maximum atomic E-state index is 2.43. The maximum Gasteiger partial charge on any atom is 0.0541 e. The normalized spacial score (nSPS) is 12.3. The highest BCUT2D eigenvalue weighted by Crippen LogP contribution is 2.50. The van der Waals surface area contributed by atoms with E-state index in [1.54, 1.807) is 0 Å². The van der Waals surface area contributed by atoms with Crippen LogP contribution in [0.1, 0.15) is 137 Å². The molecular weight excluding hydrogens is 1830 g/mol. The summed E-state index contributed by atoms with van der Waals surface area (Å²) in [6, 6.07) is 160. The Morgan fingerprint density at radius 1 is 0.272 bits per heavy atom. The lowest BCUT2D eigenvalue weighted by atomic mass is 9.86. The van der Waals surface area contributed by atoms with Crippen molar-refractivity contribution in [3.8, 4) is 61.3 Å². The number of thiophene rings is 3. The summed E-state index contributed by atoms with van der Waals surface area (Å²) in [5.41, 5.74) is 39.4. The van der Waals surface area contributed by atoms with Crippen LogP contribution in [0.2, 0.25) is 0 Å². The molecule has 0 bridgehead atoms. The van der Waals surface area contributed by atoms with Crippen LogP contribution in [0.25, 0.3) is 154 Å². The summed E-state index contributed by atoms with van der Waals surface area (Å²) >= 11 is 5.64. The van der Waals surface area contributed by atoms with Crippen LogP contribution >= 0.6 is 34.0 Å². The van der Waals surface area contributed by atoms with Crippen LogP contribution in [0.15, 0.2) is 425 Å². The minimum Gasteiger partial charge on any atom is -0.310 e. The second-order valence-electron chi connectivity index (χ2n) is 42.8. The molecule has 4 nitrogen and oxygen atoms in total. The van der Waals surface area contributed by atoms with Crippen LogP contribution in [0.4, 0.5) is 51.2 Å². The number of benzene rings is 20. The standard InChI is InChI=1S/C84H81N3S.C56H41NS2/c1-13-54(2)48-56(4)59-24-35-67(36-25-59)86(68-37-26-60(27-38-68)62-30-45-79-76(51-62)77-52-63(83(7,8)9)31-46-80(77)87(79)65-18-15-14-16-19-65)71-42-44-73(58(6)50-71)72-43-41-70(49-57(72)5)85(66-33-22-55(3)23-34-66)69-39-28-61(29-40-69)74-20-17-21-75-78-53-64(84(10,11)12)32-47-81(78)88-82(74)75;1-36-11-15-38(16-12-36)17-28-48-46(42-22-32-56-52(35-42)50-8-4-6-10-54(50)59-56)29-20-41-33-45(27-30-47(41)48)57(43-23-13-37(2)14-24-43)44-25-18-39(19-26-44)40-21-31-55-51(34-40)49-7-3-5-9-53(49)58-55/h14-47,49-54,56H,13,48H2,1-12H3;3-16,18-27,29-35H,17,28H2,1-2H3. The molecule has 0 saturated carbocycles. The summed E-state index contributed by atoms with van der Waals surface area (Å²) in [4.78, 5) is 7.23. The number of aromatic nitrogens is 1. The molecule has 0 spiro atoms. The van der Waals surface area contributed by atoms with Gasteiger partial charge >= 0.3 is 0 Å². The molecule has 0 saturated heterocycles. The van der Waals surface area contributed by atoms with Crippen molar-refractivity contribution < 1.29 is 0 Å². The van der Waals surface area contributed by atoms with E-state index < -0.39 is 0 Å². The van der Waals surface area contributed by atoms with Crippen LogP contribution in [-0.2, 0) is 23.7 Å². The molecule has 0 radical (unpaired) electrons. The maximum absolute atomic E-state index is 2.43. The predicted molar refractivity (Wildman–Crippen MR) is 642 cm³/mol. The van der Waals surface area contributed by atoms with Gasteiger partial charge in [-0.3, -0.25) is 0 Å². The van der Waals surface area contributed by atoms with Crippen molar-refractivity contribution in [1.29, 1.82) is 0 Å². The van der Waals surface area contributed by atoms with E-state index in [9.17, 15) is 0 Å². The van der Waals surface area contributed by atoms with E-state index in [1.807, 2.05) is 34.0 Å². The van der Waals surface area contributed by atoms with Gasteiger partial charge in [0.25, 0.3) is 0 Å². The molecular formula is C140H122N4S3. The number of fused-ring (bicyclic) bond motifs is 13. The molecule has 20 aromatic carbocycles. The summed E-state index contributed by atoms with van der Waals surface area (Å²) in [5, 5.41) is 13.1. The Morgan fingerprint density at radius 2 is 0.667 bits per heavy atom. The Hall–Kier alpha value is -15.5. The fraction of sp³-hybridized carbons (Fsp3) is 0.157. The second-order valence-corrected chi connectivity index (χ2v) is 46.0. The van der Waals surface area contributed by atoms with E-state index in [-0.39, 0.29) is 10.8 Å². The number of rotatable bonds is 22. The first-order valence-electron chi connectivity index (χ1n) is 52.1. The predicted octanol–water partition coefficient (Wildman–Crippen LogP) is 41.9. The van der Waals surface area contributed by atoms with Gasteiger partial charge in [0.05, 0.1) is 11.0 Å². The number of nitrogens with zero attached hydrogens (tertiary/aromatic N) is 4. The minimum atomic E-state index is 0.0286. The Bertz CT molecular complexity index is 9060. The fourth-order valence-corrected chi connectivity index (χ4v) is 25.5. The van der Waals surface area contributed by atoms with Crippen LogP contribution in [0, 0.1) is 40.5 Å². The van der Waals surface area contributed by atoms with Gasteiger partial charge in [-0.2, -0.15) is 0 Å². The molecule has 0 amide bonds. The third kappa shape index (κ3) is 18.8. The molecule has 4 aromatic heterocycles. The molecule has 0 fully saturated rings. The Morgan fingerprint density at radius 3 is 1.20 bits per heavy atom. The Kier molecular flexibility index (Phi) is 25.5. The molecule has 147 heavy (non-hydrogen) atoms. The molecule has 2 atom stereocenters. The highest BCUT2D eigenvalue weighted by molar-refractivity contribution is 7.27. The van der Waals surface area contributed by atoms with Gasteiger partial charge in [-0.25, -0.2) is 0 Å². The summed E-state index contributed by atoms with van der Waals surface area (Å²) in [6.07, 6.45) is 4.31.